The van der Waals surface area contributed by atoms with Gasteiger partial charge in [-0.05, 0) is 31.2 Å². The number of halogens is 1. The molecule has 0 unspecified atom stereocenters. The van der Waals surface area contributed by atoms with E-state index in [9.17, 15) is 9.18 Å². The molecule has 0 aromatic heterocycles. The second kappa shape index (κ2) is 7.14. The van der Waals surface area contributed by atoms with E-state index in [4.69, 9.17) is 0 Å². The Morgan fingerprint density at radius 2 is 1.76 bits per heavy atom. The first-order chi connectivity index (χ1) is 10.2. The van der Waals surface area contributed by atoms with Crippen molar-refractivity contribution in [2.75, 3.05) is 0 Å². The number of nitrogens with zero attached hydrogens (tertiary/aromatic N) is 1. The van der Waals surface area contributed by atoms with E-state index in [1.54, 1.807) is 61.5 Å². The molecule has 3 nitrogen and oxygen atoms in total. The Balaban J connectivity index is 1.99. The number of hydrogen-bond acceptors (Lipinski definition) is 2. The summed E-state index contributed by atoms with van der Waals surface area (Å²) in [7, 11) is 0. The van der Waals surface area contributed by atoms with Crippen molar-refractivity contribution in [2.24, 2.45) is 5.10 Å². The second-order valence-electron chi connectivity index (χ2n) is 4.41. The molecule has 0 bridgehead atoms. The van der Waals surface area contributed by atoms with E-state index >= 15 is 0 Å². The molecule has 2 rings (SSSR count). The van der Waals surface area contributed by atoms with E-state index in [0.29, 0.717) is 16.8 Å². The third kappa shape index (κ3) is 4.38. The summed E-state index contributed by atoms with van der Waals surface area (Å²) in [6, 6.07) is 15.3. The molecule has 1 amide bonds. The number of carbonyl (C=O) groups is 1. The van der Waals surface area contributed by atoms with Crippen LogP contribution in [0.2, 0.25) is 0 Å². The van der Waals surface area contributed by atoms with Crippen molar-refractivity contribution >= 4 is 17.7 Å². The molecular formula is C17H15FN2O. The van der Waals surface area contributed by atoms with Crippen LogP contribution in [-0.2, 0) is 0 Å². The molecule has 0 aliphatic carbocycles. The van der Waals surface area contributed by atoms with Crippen molar-refractivity contribution in [3.8, 4) is 0 Å². The van der Waals surface area contributed by atoms with Gasteiger partial charge in [-0.15, -0.1) is 0 Å². The highest BCUT2D eigenvalue weighted by Gasteiger charge is 2.02. The van der Waals surface area contributed by atoms with Crippen molar-refractivity contribution < 1.29 is 9.18 Å². The minimum absolute atomic E-state index is 0.283. The Morgan fingerprint density at radius 3 is 2.48 bits per heavy atom. The van der Waals surface area contributed by atoms with Crippen molar-refractivity contribution in [1.82, 2.24) is 5.43 Å². The van der Waals surface area contributed by atoms with Gasteiger partial charge in [-0.1, -0.05) is 42.5 Å². The molecule has 2 aromatic rings. The molecule has 21 heavy (non-hydrogen) atoms. The number of allylic oxidation sites excluding steroid dienone is 1. The van der Waals surface area contributed by atoms with Crippen molar-refractivity contribution in [3.63, 3.8) is 0 Å². The minimum atomic E-state index is -0.296. The van der Waals surface area contributed by atoms with Gasteiger partial charge in [0, 0.05) is 11.1 Å². The lowest BCUT2D eigenvalue weighted by molar-refractivity contribution is 0.0955. The monoisotopic (exact) mass is 282 g/mol. The summed E-state index contributed by atoms with van der Waals surface area (Å²) in [6.07, 6.45) is 3.26. The summed E-state index contributed by atoms with van der Waals surface area (Å²) in [6.45, 7) is 1.72. The fourth-order valence-corrected chi connectivity index (χ4v) is 1.65. The van der Waals surface area contributed by atoms with Gasteiger partial charge in [-0.2, -0.15) is 5.10 Å². The van der Waals surface area contributed by atoms with Crippen LogP contribution in [-0.4, -0.2) is 11.6 Å². The highest BCUT2D eigenvalue weighted by Crippen LogP contribution is 2.08. The second-order valence-corrected chi connectivity index (χ2v) is 4.41. The zero-order valence-corrected chi connectivity index (χ0v) is 11.6. The summed E-state index contributed by atoms with van der Waals surface area (Å²) in [5.74, 6) is -0.580. The van der Waals surface area contributed by atoms with Crippen molar-refractivity contribution in [2.45, 2.75) is 6.92 Å². The molecule has 0 aliphatic rings. The lowest BCUT2D eigenvalue weighted by atomic mass is 10.2. The molecule has 0 saturated carbocycles. The Labute approximate surface area is 122 Å². The maximum Gasteiger partial charge on any atom is 0.271 e. The number of rotatable bonds is 4. The number of nitrogens with one attached hydrogen (secondary N) is 1. The van der Waals surface area contributed by atoms with Crippen LogP contribution in [0.1, 0.15) is 22.8 Å². The van der Waals surface area contributed by atoms with E-state index in [-0.39, 0.29) is 11.7 Å². The van der Waals surface area contributed by atoms with Gasteiger partial charge < -0.3 is 0 Å². The lowest BCUT2D eigenvalue weighted by Crippen LogP contribution is -2.18. The van der Waals surface area contributed by atoms with Crippen LogP contribution in [0.25, 0.3) is 6.08 Å². The van der Waals surface area contributed by atoms with E-state index in [0.717, 1.165) is 0 Å². The van der Waals surface area contributed by atoms with Gasteiger partial charge in [0.25, 0.3) is 5.91 Å². The normalized spacial score (nSPS) is 11.6. The fraction of sp³-hybridized carbons (Fsp3) is 0.0588. The van der Waals surface area contributed by atoms with Crippen LogP contribution in [0.3, 0.4) is 0 Å². The average molecular weight is 282 g/mol. The maximum atomic E-state index is 13.4. The van der Waals surface area contributed by atoms with Gasteiger partial charge in [0.15, 0.2) is 0 Å². The van der Waals surface area contributed by atoms with Crippen LogP contribution in [0.4, 0.5) is 4.39 Å². The fourth-order valence-electron chi connectivity index (χ4n) is 1.65. The van der Waals surface area contributed by atoms with Crippen LogP contribution in [0, 0.1) is 5.82 Å². The van der Waals surface area contributed by atoms with Crippen LogP contribution >= 0.6 is 0 Å². The predicted octanol–water partition coefficient (Wildman–Crippen LogP) is 3.64. The van der Waals surface area contributed by atoms with Gasteiger partial charge in [-0.25, -0.2) is 9.82 Å². The molecule has 0 saturated heterocycles. The highest BCUT2D eigenvalue weighted by molar-refractivity contribution is 5.99. The van der Waals surface area contributed by atoms with Gasteiger partial charge >= 0.3 is 0 Å². The highest BCUT2D eigenvalue weighted by atomic mass is 19.1. The summed E-state index contributed by atoms with van der Waals surface area (Å²) in [5.41, 5.74) is 4.03. The van der Waals surface area contributed by atoms with E-state index in [2.05, 4.69) is 10.5 Å². The quantitative estimate of drug-likeness (QED) is 0.675. The summed E-state index contributed by atoms with van der Waals surface area (Å²) in [4.78, 5) is 11.8. The molecule has 1 N–H and O–H groups in total. The molecule has 106 valence electrons. The van der Waals surface area contributed by atoms with Gasteiger partial charge in [0.2, 0.25) is 0 Å². The topological polar surface area (TPSA) is 41.5 Å². The third-order valence-electron chi connectivity index (χ3n) is 2.78. The largest absolute Gasteiger partial charge is 0.271 e. The van der Waals surface area contributed by atoms with Crippen molar-refractivity contribution in [1.29, 1.82) is 0 Å². The smallest absolute Gasteiger partial charge is 0.267 e. The zero-order chi connectivity index (χ0) is 15.1. The van der Waals surface area contributed by atoms with Gasteiger partial charge in [-0.3, -0.25) is 4.79 Å². The predicted molar refractivity (Wildman–Crippen MR) is 82.5 cm³/mol. The lowest BCUT2D eigenvalue weighted by Gasteiger charge is -2.00. The van der Waals surface area contributed by atoms with Crippen LogP contribution < -0.4 is 5.43 Å². The van der Waals surface area contributed by atoms with E-state index < -0.39 is 0 Å². The standard InChI is InChI=1S/C17H15FN2O/c1-13(11-12-14-7-5-6-10-16(14)18)19-20-17(21)15-8-3-2-4-9-15/h2-12H,1H3,(H,20,21)/b12-11+,19-13?. The molecule has 2 aromatic carbocycles. The summed E-state index contributed by atoms with van der Waals surface area (Å²) in [5, 5.41) is 3.95. The van der Waals surface area contributed by atoms with Gasteiger partial charge in [0.1, 0.15) is 5.82 Å². The number of benzene rings is 2. The molecular weight excluding hydrogens is 267 g/mol. The number of amides is 1. The Bertz CT molecular complexity index is 678. The molecule has 0 spiro atoms. The number of hydrogen-bond donors (Lipinski definition) is 1. The Morgan fingerprint density at radius 1 is 1.10 bits per heavy atom. The Kier molecular flexibility index (Phi) is 4.99. The number of hydrazone groups is 1. The number of carbonyl (C=O) groups excluding carboxylic acids is 1. The first kappa shape index (κ1) is 14.7. The van der Waals surface area contributed by atoms with Crippen LogP contribution in [0.5, 0.6) is 0 Å². The first-order valence-electron chi connectivity index (χ1n) is 6.49. The van der Waals surface area contributed by atoms with Gasteiger partial charge in [0.05, 0.1) is 5.71 Å². The van der Waals surface area contributed by atoms with E-state index in [1.807, 2.05) is 6.07 Å². The molecule has 0 heterocycles. The van der Waals surface area contributed by atoms with Crippen LogP contribution in [0.15, 0.2) is 65.8 Å². The molecule has 0 fully saturated rings. The zero-order valence-electron chi connectivity index (χ0n) is 11.6. The molecule has 0 atom stereocenters. The van der Waals surface area contributed by atoms with E-state index in [1.165, 1.54) is 6.07 Å². The molecule has 4 heteroatoms. The third-order valence-corrected chi connectivity index (χ3v) is 2.78. The Hall–Kier alpha value is -2.75. The minimum Gasteiger partial charge on any atom is -0.267 e. The SMILES string of the molecule is CC(/C=C/c1ccccc1F)=NNC(=O)c1ccccc1. The van der Waals surface area contributed by atoms with Crippen molar-refractivity contribution in [3.05, 3.63) is 77.6 Å². The molecule has 0 aliphatic heterocycles. The first-order valence-corrected chi connectivity index (χ1v) is 6.49. The average Bonchev–Trinajstić information content (AvgIpc) is 2.52. The summed E-state index contributed by atoms with van der Waals surface area (Å²) >= 11 is 0. The maximum absolute atomic E-state index is 13.4. The molecule has 0 radical (unpaired) electrons. The summed E-state index contributed by atoms with van der Waals surface area (Å²) < 4.78 is 13.4.